The zero-order chi connectivity index (χ0) is 12.3. The molecule has 2 aliphatic rings. The monoisotopic (exact) mass is 240 g/mol. The molecule has 4 heteroatoms. The van der Waals surface area contributed by atoms with Crippen LogP contribution in [0.25, 0.3) is 0 Å². The zero-order valence-corrected chi connectivity index (χ0v) is 10.9. The molecular weight excluding hydrogens is 216 g/mol. The van der Waals surface area contributed by atoms with Crippen LogP contribution in [0.2, 0.25) is 0 Å². The van der Waals surface area contributed by atoms with Gasteiger partial charge in [0.1, 0.15) is 0 Å². The lowest BCUT2D eigenvalue weighted by atomic mass is 9.93. The lowest BCUT2D eigenvalue weighted by Crippen LogP contribution is -2.48. The van der Waals surface area contributed by atoms with Crippen molar-refractivity contribution in [3.05, 3.63) is 0 Å². The molecule has 2 heterocycles. The first-order valence-electron chi connectivity index (χ1n) is 6.76. The van der Waals surface area contributed by atoms with Gasteiger partial charge in [0.25, 0.3) is 0 Å². The standard InChI is InChI=1S/C13H24N2O2/c1-10-3-4-11(9-14-10)13(16)15(2)12-5-7-17-8-6-12/h10-12,14H,3-9H2,1-2H3. The molecule has 1 N–H and O–H groups in total. The first-order valence-corrected chi connectivity index (χ1v) is 6.76. The van der Waals surface area contributed by atoms with Gasteiger partial charge in [-0.15, -0.1) is 0 Å². The Morgan fingerprint density at radius 1 is 1.24 bits per heavy atom. The fraction of sp³-hybridized carbons (Fsp3) is 0.923. The molecule has 0 saturated carbocycles. The molecule has 0 aliphatic carbocycles. The van der Waals surface area contributed by atoms with Gasteiger partial charge in [-0.05, 0) is 32.6 Å². The van der Waals surface area contributed by atoms with Crippen molar-refractivity contribution < 1.29 is 9.53 Å². The van der Waals surface area contributed by atoms with E-state index in [9.17, 15) is 4.79 Å². The number of hydrogen-bond acceptors (Lipinski definition) is 3. The number of hydrogen-bond donors (Lipinski definition) is 1. The quantitative estimate of drug-likeness (QED) is 0.783. The van der Waals surface area contributed by atoms with Gasteiger partial charge in [-0.1, -0.05) is 0 Å². The van der Waals surface area contributed by atoms with Crippen molar-refractivity contribution in [1.82, 2.24) is 10.2 Å². The lowest BCUT2D eigenvalue weighted by molar-refractivity contribution is -0.138. The predicted molar refractivity (Wildman–Crippen MR) is 66.8 cm³/mol. The SMILES string of the molecule is CC1CCC(C(=O)N(C)C2CCOCC2)CN1. The Hall–Kier alpha value is -0.610. The summed E-state index contributed by atoms with van der Waals surface area (Å²) >= 11 is 0. The number of piperidine rings is 1. The highest BCUT2D eigenvalue weighted by atomic mass is 16.5. The van der Waals surface area contributed by atoms with Crippen molar-refractivity contribution in [2.75, 3.05) is 26.8 Å². The Bertz CT molecular complexity index is 256. The Labute approximate surface area is 104 Å². The Morgan fingerprint density at radius 2 is 1.94 bits per heavy atom. The minimum Gasteiger partial charge on any atom is -0.381 e. The van der Waals surface area contributed by atoms with Crippen molar-refractivity contribution in [2.45, 2.75) is 44.7 Å². The molecule has 2 rings (SSSR count). The number of nitrogens with one attached hydrogen (secondary N) is 1. The molecule has 0 aromatic heterocycles. The number of carbonyl (C=O) groups excluding carboxylic acids is 1. The second kappa shape index (κ2) is 5.83. The highest BCUT2D eigenvalue weighted by Gasteiger charge is 2.30. The summed E-state index contributed by atoms with van der Waals surface area (Å²) in [7, 11) is 1.95. The molecule has 98 valence electrons. The Kier molecular flexibility index (Phi) is 4.40. The summed E-state index contributed by atoms with van der Waals surface area (Å²) in [6.07, 6.45) is 4.11. The van der Waals surface area contributed by atoms with Gasteiger partial charge in [0.15, 0.2) is 0 Å². The van der Waals surface area contributed by atoms with E-state index in [4.69, 9.17) is 4.74 Å². The highest BCUT2D eigenvalue weighted by Crippen LogP contribution is 2.20. The zero-order valence-electron chi connectivity index (χ0n) is 10.9. The van der Waals surface area contributed by atoms with Crippen molar-refractivity contribution in [1.29, 1.82) is 0 Å². The van der Waals surface area contributed by atoms with E-state index in [1.807, 2.05) is 11.9 Å². The molecule has 2 fully saturated rings. The second-order valence-corrected chi connectivity index (χ2v) is 5.38. The maximum Gasteiger partial charge on any atom is 0.226 e. The molecule has 1 amide bonds. The maximum atomic E-state index is 12.3. The summed E-state index contributed by atoms with van der Waals surface area (Å²) in [6, 6.07) is 0.947. The molecule has 2 unspecified atom stereocenters. The molecule has 2 aliphatic heterocycles. The van der Waals surface area contributed by atoms with E-state index < -0.39 is 0 Å². The van der Waals surface area contributed by atoms with Gasteiger partial charge in [-0.25, -0.2) is 0 Å². The molecular formula is C13H24N2O2. The second-order valence-electron chi connectivity index (χ2n) is 5.38. The van der Waals surface area contributed by atoms with Crippen LogP contribution in [-0.4, -0.2) is 49.7 Å². The predicted octanol–water partition coefficient (Wildman–Crippen LogP) is 1.01. The first-order chi connectivity index (χ1) is 8.18. The number of amides is 1. The minimum absolute atomic E-state index is 0.180. The molecule has 0 radical (unpaired) electrons. The number of nitrogens with zero attached hydrogens (tertiary/aromatic N) is 1. The number of ether oxygens (including phenoxy) is 1. The molecule has 0 bridgehead atoms. The van der Waals surface area contributed by atoms with Gasteiger partial charge in [0, 0.05) is 38.9 Å². The van der Waals surface area contributed by atoms with E-state index in [1.54, 1.807) is 0 Å². The normalized spacial score (nSPS) is 31.2. The summed E-state index contributed by atoms with van der Waals surface area (Å²) in [6.45, 7) is 4.61. The van der Waals surface area contributed by atoms with Crippen molar-refractivity contribution in [3.8, 4) is 0 Å². The van der Waals surface area contributed by atoms with Gasteiger partial charge < -0.3 is 15.0 Å². The third-order valence-corrected chi connectivity index (χ3v) is 4.10. The molecule has 0 aromatic carbocycles. The molecule has 2 saturated heterocycles. The molecule has 17 heavy (non-hydrogen) atoms. The van der Waals surface area contributed by atoms with Crippen LogP contribution in [-0.2, 0) is 9.53 Å². The molecule has 0 spiro atoms. The Balaban J connectivity index is 1.85. The summed E-state index contributed by atoms with van der Waals surface area (Å²) in [5.41, 5.74) is 0. The summed E-state index contributed by atoms with van der Waals surface area (Å²) < 4.78 is 5.34. The Morgan fingerprint density at radius 3 is 2.53 bits per heavy atom. The molecule has 4 nitrogen and oxygen atoms in total. The summed E-state index contributed by atoms with van der Waals surface area (Å²) in [4.78, 5) is 14.3. The van der Waals surface area contributed by atoms with Crippen LogP contribution in [0, 0.1) is 5.92 Å². The topological polar surface area (TPSA) is 41.6 Å². The van der Waals surface area contributed by atoms with Crippen molar-refractivity contribution in [2.24, 2.45) is 5.92 Å². The van der Waals surface area contributed by atoms with Crippen molar-refractivity contribution >= 4 is 5.91 Å². The van der Waals surface area contributed by atoms with Gasteiger partial charge in [-0.2, -0.15) is 0 Å². The molecule has 2 atom stereocenters. The van der Waals surface area contributed by atoms with Crippen molar-refractivity contribution in [3.63, 3.8) is 0 Å². The van der Waals surface area contributed by atoms with E-state index in [0.29, 0.717) is 18.0 Å². The van der Waals surface area contributed by atoms with E-state index >= 15 is 0 Å². The fourth-order valence-corrected chi connectivity index (χ4v) is 2.75. The van der Waals surface area contributed by atoms with Gasteiger partial charge in [0.05, 0.1) is 5.92 Å². The summed E-state index contributed by atoms with van der Waals surface area (Å²) in [5.74, 6) is 0.496. The van der Waals surface area contributed by atoms with Gasteiger partial charge in [0.2, 0.25) is 5.91 Å². The fourth-order valence-electron chi connectivity index (χ4n) is 2.75. The van der Waals surface area contributed by atoms with Gasteiger partial charge >= 0.3 is 0 Å². The minimum atomic E-state index is 0.180. The maximum absolute atomic E-state index is 12.3. The first kappa shape index (κ1) is 12.8. The largest absolute Gasteiger partial charge is 0.381 e. The van der Waals surface area contributed by atoms with Crippen LogP contribution >= 0.6 is 0 Å². The van der Waals surface area contributed by atoms with E-state index in [-0.39, 0.29) is 5.92 Å². The average molecular weight is 240 g/mol. The van der Waals surface area contributed by atoms with Crippen LogP contribution in [0.1, 0.15) is 32.6 Å². The van der Waals surface area contributed by atoms with E-state index in [0.717, 1.165) is 45.4 Å². The van der Waals surface area contributed by atoms with Crippen LogP contribution in [0.15, 0.2) is 0 Å². The molecule has 0 aromatic rings. The highest BCUT2D eigenvalue weighted by molar-refractivity contribution is 5.79. The number of rotatable bonds is 2. The average Bonchev–Trinajstić information content (AvgIpc) is 2.39. The summed E-state index contributed by atoms with van der Waals surface area (Å²) in [5, 5.41) is 3.40. The van der Waals surface area contributed by atoms with E-state index in [2.05, 4.69) is 12.2 Å². The van der Waals surface area contributed by atoms with Crippen LogP contribution in [0.3, 0.4) is 0 Å². The smallest absolute Gasteiger partial charge is 0.226 e. The third kappa shape index (κ3) is 3.19. The third-order valence-electron chi connectivity index (χ3n) is 4.10. The van der Waals surface area contributed by atoms with E-state index in [1.165, 1.54) is 0 Å². The van der Waals surface area contributed by atoms with Crippen LogP contribution in [0.5, 0.6) is 0 Å². The lowest BCUT2D eigenvalue weighted by Gasteiger charge is -2.35. The number of carbonyl (C=O) groups is 1. The van der Waals surface area contributed by atoms with Crippen LogP contribution in [0.4, 0.5) is 0 Å². The van der Waals surface area contributed by atoms with Crippen LogP contribution < -0.4 is 5.32 Å². The van der Waals surface area contributed by atoms with Gasteiger partial charge in [-0.3, -0.25) is 4.79 Å².